The van der Waals surface area contributed by atoms with E-state index < -0.39 is 0 Å². The lowest BCUT2D eigenvalue weighted by atomic mass is 10.1. The van der Waals surface area contributed by atoms with Crippen LogP contribution in [0.5, 0.6) is 0 Å². The molecule has 1 aliphatic rings. The van der Waals surface area contributed by atoms with Crippen molar-refractivity contribution in [1.82, 2.24) is 20.0 Å². The Morgan fingerprint density at radius 3 is 2.67 bits per heavy atom. The normalized spacial score (nSPS) is 17.0. The molecule has 1 aliphatic heterocycles. The molecule has 1 unspecified atom stereocenters. The topological polar surface area (TPSA) is 63.3 Å². The van der Waals surface area contributed by atoms with Gasteiger partial charge in [0.2, 0.25) is 0 Å². The molecule has 0 aliphatic carbocycles. The van der Waals surface area contributed by atoms with Crippen molar-refractivity contribution in [3.05, 3.63) is 41.1 Å². The van der Waals surface area contributed by atoms with Crippen LogP contribution in [0.15, 0.2) is 22.8 Å². The second kappa shape index (κ2) is 7.21. The number of aromatic nitrogens is 2. The summed E-state index contributed by atoms with van der Waals surface area (Å²) >= 11 is 0. The zero-order valence-electron chi connectivity index (χ0n) is 14.7. The zero-order valence-corrected chi connectivity index (χ0v) is 14.7. The summed E-state index contributed by atoms with van der Waals surface area (Å²) in [5.41, 5.74) is 2.33. The van der Waals surface area contributed by atoms with Gasteiger partial charge >= 0.3 is 0 Å². The molecule has 0 radical (unpaired) electrons. The van der Waals surface area contributed by atoms with Crippen molar-refractivity contribution >= 4 is 5.91 Å². The third-order valence-corrected chi connectivity index (χ3v) is 4.90. The summed E-state index contributed by atoms with van der Waals surface area (Å²) in [7, 11) is 1.86. The van der Waals surface area contributed by atoms with E-state index in [-0.39, 0.29) is 11.9 Å². The number of aryl methyl sites for hydroxylation is 2. The van der Waals surface area contributed by atoms with Gasteiger partial charge in [0, 0.05) is 19.3 Å². The van der Waals surface area contributed by atoms with E-state index in [0.29, 0.717) is 12.1 Å². The number of hydrogen-bond acceptors (Lipinski definition) is 4. The van der Waals surface area contributed by atoms with Gasteiger partial charge in [-0.15, -0.1) is 0 Å². The van der Waals surface area contributed by atoms with Crippen LogP contribution in [0.25, 0.3) is 0 Å². The fraction of sp³-hybridized carbons (Fsp3) is 0.556. The van der Waals surface area contributed by atoms with Gasteiger partial charge in [0.05, 0.1) is 23.6 Å². The van der Waals surface area contributed by atoms with Crippen LogP contribution in [0.1, 0.15) is 52.8 Å². The van der Waals surface area contributed by atoms with E-state index in [4.69, 9.17) is 4.42 Å². The van der Waals surface area contributed by atoms with Crippen molar-refractivity contribution in [2.24, 2.45) is 7.05 Å². The molecule has 1 saturated heterocycles. The Hall–Kier alpha value is -2.08. The van der Waals surface area contributed by atoms with Gasteiger partial charge in [-0.2, -0.15) is 5.10 Å². The van der Waals surface area contributed by atoms with Crippen LogP contribution >= 0.6 is 0 Å². The minimum Gasteiger partial charge on any atom is -0.468 e. The monoisotopic (exact) mass is 330 g/mol. The number of piperidine rings is 1. The number of carbonyl (C=O) groups excluding carboxylic acids is 1. The molecule has 1 atom stereocenters. The summed E-state index contributed by atoms with van der Waals surface area (Å²) < 4.78 is 7.38. The molecular formula is C18H26N4O2. The first kappa shape index (κ1) is 16.8. The Bertz CT molecular complexity index is 684. The fourth-order valence-electron chi connectivity index (χ4n) is 3.50. The first-order chi connectivity index (χ1) is 11.6. The van der Waals surface area contributed by atoms with Crippen molar-refractivity contribution in [3.8, 4) is 0 Å². The molecule has 6 heteroatoms. The lowest BCUT2D eigenvalue weighted by molar-refractivity contribution is 0.0913. The molecule has 2 aromatic rings. The van der Waals surface area contributed by atoms with E-state index in [0.717, 1.165) is 30.2 Å². The van der Waals surface area contributed by atoms with Gasteiger partial charge < -0.3 is 9.73 Å². The van der Waals surface area contributed by atoms with E-state index in [1.165, 1.54) is 19.3 Å². The molecule has 0 bridgehead atoms. The molecule has 2 aromatic heterocycles. The van der Waals surface area contributed by atoms with Gasteiger partial charge in [-0.3, -0.25) is 14.4 Å². The molecule has 0 spiro atoms. The Morgan fingerprint density at radius 2 is 2.08 bits per heavy atom. The van der Waals surface area contributed by atoms with E-state index in [1.807, 2.05) is 33.0 Å². The summed E-state index contributed by atoms with van der Waals surface area (Å²) in [6.45, 7) is 6.43. The Balaban J connectivity index is 1.72. The predicted octanol–water partition coefficient (Wildman–Crippen LogP) is 2.59. The highest BCUT2D eigenvalue weighted by atomic mass is 16.3. The number of likely N-dealkylation sites (tertiary alicyclic amines) is 1. The molecule has 1 fully saturated rings. The average molecular weight is 330 g/mol. The summed E-state index contributed by atoms with van der Waals surface area (Å²) in [6.07, 6.45) is 5.38. The molecule has 3 rings (SSSR count). The van der Waals surface area contributed by atoms with E-state index in [9.17, 15) is 4.79 Å². The Labute approximate surface area is 142 Å². The largest absolute Gasteiger partial charge is 0.468 e. The number of rotatable bonds is 5. The van der Waals surface area contributed by atoms with Crippen molar-refractivity contribution in [3.63, 3.8) is 0 Å². The molecule has 24 heavy (non-hydrogen) atoms. The zero-order chi connectivity index (χ0) is 17.1. The minimum absolute atomic E-state index is 0.0633. The van der Waals surface area contributed by atoms with Crippen LogP contribution in [0, 0.1) is 13.8 Å². The molecule has 130 valence electrons. The van der Waals surface area contributed by atoms with Crippen molar-refractivity contribution in [1.29, 1.82) is 0 Å². The summed E-state index contributed by atoms with van der Waals surface area (Å²) in [5, 5.41) is 7.41. The second-order valence-electron chi connectivity index (χ2n) is 6.51. The SMILES string of the molecule is Cc1nn(C)c(C)c1C(=O)NCC(c1ccco1)N1CCCCC1. The quantitative estimate of drug-likeness (QED) is 0.915. The van der Waals surface area contributed by atoms with Crippen LogP contribution in [-0.2, 0) is 7.05 Å². The highest BCUT2D eigenvalue weighted by molar-refractivity contribution is 5.96. The lowest BCUT2D eigenvalue weighted by Gasteiger charge is -2.33. The smallest absolute Gasteiger partial charge is 0.255 e. The predicted molar refractivity (Wildman–Crippen MR) is 91.9 cm³/mol. The molecule has 0 saturated carbocycles. The van der Waals surface area contributed by atoms with Crippen LogP contribution in [-0.4, -0.2) is 40.2 Å². The fourth-order valence-corrected chi connectivity index (χ4v) is 3.50. The second-order valence-corrected chi connectivity index (χ2v) is 6.51. The van der Waals surface area contributed by atoms with Crippen LogP contribution in [0.3, 0.4) is 0 Å². The number of hydrogen-bond donors (Lipinski definition) is 1. The van der Waals surface area contributed by atoms with Gasteiger partial charge in [-0.1, -0.05) is 6.42 Å². The third-order valence-electron chi connectivity index (χ3n) is 4.90. The maximum atomic E-state index is 12.6. The van der Waals surface area contributed by atoms with Gasteiger partial charge in [0.25, 0.3) is 5.91 Å². The molecule has 6 nitrogen and oxygen atoms in total. The number of nitrogens with one attached hydrogen (secondary N) is 1. The standard InChI is InChI=1S/C18H26N4O2/c1-13-17(14(2)21(3)20-13)18(23)19-12-15(16-8-7-11-24-16)22-9-5-4-6-10-22/h7-8,11,15H,4-6,9-10,12H2,1-3H3,(H,19,23). The Kier molecular flexibility index (Phi) is 5.04. The summed E-state index contributed by atoms with van der Waals surface area (Å²) in [5.74, 6) is 0.850. The third kappa shape index (κ3) is 3.38. The van der Waals surface area contributed by atoms with Crippen molar-refractivity contribution < 1.29 is 9.21 Å². The van der Waals surface area contributed by atoms with E-state index in [2.05, 4.69) is 15.3 Å². The first-order valence-electron chi connectivity index (χ1n) is 8.63. The lowest BCUT2D eigenvalue weighted by Crippen LogP contribution is -2.40. The van der Waals surface area contributed by atoms with E-state index >= 15 is 0 Å². The van der Waals surface area contributed by atoms with Gasteiger partial charge in [0.15, 0.2) is 0 Å². The number of amides is 1. The van der Waals surface area contributed by atoms with Crippen LogP contribution in [0.2, 0.25) is 0 Å². The summed E-state index contributed by atoms with van der Waals surface area (Å²) in [6, 6.07) is 3.98. The minimum atomic E-state index is -0.0633. The van der Waals surface area contributed by atoms with Crippen LogP contribution < -0.4 is 5.32 Å². The number of carbonyl (C=O) groups is 1. The highest BCUT2D eigenvalue weighted by Crippen LogP contribution is 2.24. The van der Waals surface area contributed by atoms with Crippen molar-refractivity contribution in [2.45, 2.75) is 39.2 Å². The maximum Gasteiger partial charge on any atom is 0.255 e. The Morgan fingerprint density at radius 1 is 1.33 bits per heavy atom. The van der Waals surface area contributed by atoms with Gasteiger partial charge in [-0.25, -0.2) is 0 Å². The highest BCUT2D eigenvalue weighted by Gasteiger charge is 2.26. The van der Waals surface area contributed by atoms with Crippen LogP contribution in [0.4, 0.5) is 0 Å². The maximum absolute atomic E-state index is 12.6. The number of furan rings is 1. The molecule has 0 aromatic carbocycles. The molecule has 3 heterocycles. The average Bonchev–Trinajstić information content (AvgIpc) is 3.18. The summed E-state index contributed by atoms with van der Waals surface area (Å²) in [4.78, 5) is 15.1. The molecule has 1 N–H and O–H groups in total. The van der Waals surface area contributed by atoms with E-state index in [1.54, 1.807) is 10.9 Å². The number of nitrogens with zero attached hydrogens (tertiary/aromatic N) is 3. The molecular weight excluding hydrogens is 304 g/mol. The first-order valence-corrected chi connectivity index (χ1v) is 8.63. The van der Waals surface area contributed by atoms with Crippen molar-refractivity contribution in [2.75, 3.05) is 19.6 Å². The van der Waals surface area contributed by atoms with Gasteiger partial charge in [0.1, 0.15) is 5.76 Å². The van der Waals surface area contributed by atoms with Gasteiger partial charge in [-0.05, 0) is 51.9 Å². The molecule has 1 amide bonds.